The van der Waals surface area contributed by atoms with Gasteiger partial charge in [0.2, 0.25) is 5.91 Å². The minimum Gasteiger partial charge on any atom is -0.327 e. The molecule has 1 aromatic rings. The molecule has 3 N–H and O–H groups in total. The van der Waals surface area contributed by atoms with Crippen LogP contribution in [0, 0.1) is 30.5 Å². The summed E-state index contributed by atoms with van der Waals surface area (Å²) in [6.07, 6.45) is 5.26. The fourth-order valence-corrected chi connectivity index (χ4v) is 3.98. The predicted molar refractivity (Wildman–Crippen MR) is 88.5 cm³/mol. The first-order valence-electron chi connectivity index (χ1n) is 7.88. The van der Waals surface area contributed by atoms with Gasteiger partial charge in [-0.05, 0) is 56.6 Å². The second-order valence-corrected chi connectivity index (χ2v) is 6.60. The maximum atomic E-state index is 13.5. The van der Waals surface area contributed by atoms with Gasteiger partial charge in [-0.15, -0.1) is 12.4 Å². The molecule has 2 saturated carbocycles. The zero-order valence-corrected chi connectivity index (χ0v) is 13.7. The molecule has 3 nitrogen and oxygen atoms in total. The Morgan fingerprint density at radius 1 is 1.27 bits per heavy atom. The number of amides is 1. The van der Waals surface area contributed by atoms with Crippen LogP contribution in [0.1, 0.15) is 37.7 Å². The molecule has 122 valence electrons. The first-order chi connectivity index (χ1) is 10.1. The first-order valence-corrected chi connectivity index (χ1v) is 7.88. The van der Waals surface area contributed by atoms with E-state index in [0.717, 1.165) is 25.7 Å². The van der Waals surface area contributed by atoms with Crippen molar-refractivity contribution < 1.29 is 9.18 Å². The SMILES string of the molecule is Cc1c(F)cccc1NC(=O)C1CC2CCCC(C1)C2N.Cl. The topological polar surface area (TPSA) is 55.1 Å². The second kappa shape index (κ2) is 6.97. The number of carbonyl (C=O) groups excluding carboxylic acids is 1. The molecule has 22 heavy (non-hydrogen) atoms. The minimum atomic E-state index is -0.282. The van der Waals surface area contributed by atoms with Crippen LogP contribution >= 0.6 is 12.4 Å². The van der Waals surface area contributed by atoms with Gasteiger partial charge in [-0.25, -0.2) is 4.39 Å². The minimum absolute atomic E-state index is 0. The Morgan fingerprint density at radius 2 is 1.91 bits per heavy atom. The summed E-state index contributed by atoms with van der Waals surface area (Å²) in [5.74, 6) is 0.703. The average Bonchev–Trinajstić information content (AvgIpc) is 2.43. The highest BCUT2D eigenvalue weighted by Gasteiger charge is 2.40. The lowest BCUT2D eigenvalue weighted by molar-refractivity contribution is -0.122. The molecule has 2 aliphatic carbocycles. The van der Waals surface area contributed by atoms with Crippen molar-refractivity contribution in [3.8, 4) is 0 Å². The Kier molecular flexibility index (Phi) is 5.45. The quantitative estimate of drug-likeness (QED) is 0.871. The van der Waals surface area contributed by atoms with Crippen LogP contribution in [0.5, 0.6) is 0 Å². The summed E-state index contributed by atoms with van der Waals surface area (Å²) in [6.45, 7) is 1.69. The normalized spacial score (nSPS) is 30.3. The highest BCUT2D eigenvalue weighted by atomic mass is 35.5. The smallest absolute Gasteiger partial charge is 0.227 e. The maximum absolute atomic E-state index is 13.5. The average molecular weight is 327 g/mol. The van der Waals surface area contributed by atoms with Crippen LogP contribution in [0.4, 0.5) is 10.1 Å². The molecular weight excluding hydrogens is 303 g/mol. The van der Waals surface area contributed by atoms with Crippen LogP contribution < -0.4 is 11.1 Å². The number of nitrogens with two attached hydrogens (primary N) is 1. The number of hydrogen-bond acceptors (Lipinski definition) is 2. The molecule has 2 bridgehead atoms. The lowest BCUT2D eigenvalue weighted by atomic mass is 9.65. The van der Waals surface area contributed by atoms with Crippen LogP contribution in [-0.2, 0) is 4.79 Å². The highest BCUT2D eigenvalue weighted by molar-refractivity contribution is 5.93. The Morgan fingerprint density at radius 3 is 2.55 bits per heavy atom. The summed E-state index contributed by atoms with van der Waals surface area (Å²) in [6, 6.07) is 5.06. The van der Waals surface area contributed by atoms with Crippen molar-refractivity contribution in [3.63, 3.8) is 0 Å². The second-order valence-electron chi connectivity index (χ2n) is 6.60. The molecule has 1 amide bonds. The zero-order chi connectivity index (χ0) is 15.0. The Hall–Kier alpha value is -1.13. The van der Waals surface area contributed by atoms with E-state index in [2.05, 4.69) is 5.32 Å². The van der Waals surface area contributed by atoms with E-state index < -0.39 is 0 Å². The van der Waals surface area contributed by atoms with Crippen molar-refractivity contribution in [1.29, 1.82) is 0 Å². The van der Waals surface area contributed by atoms with Crippen LogP contribution in [0.25, 0.3) is 0 Å². The molecule has 2 unspecified atom stereocenters. The lowest BCUT2D eigenvalue weighted by Crippen LogP contribution is -2.48. The van der Waals surface area contributed by atoms with Crippen LogP contribution in [0.2, 0.25) is 0 Å². The Labute approximate surface area is 137 Å². The van der Waals surface area contributed by atoms with Crippen LogP contribution in [0.3, 0.4) is 0 Å². The molecule has 0 spiro atoms. The van der Waals surface area contributed by atoms with Crippen molar-refractivity contribution in [1.82, 2.24) is 0 Å². The van der Waals surface area contributed by atoms with Gasteiger partial charge in [-0.1, -0.05) is 12.5 Å². The van der Waals surface area contributed by atoms with Gasteiger partial charge in [0, 0.05) is 23.2 Å². The maximum Gasteiger partial charge on any atom is 0.227 e. The summed E-state index contributed by atoms with van der Waals surface area (Å²) < 4.78 is 13.5. The largest absolute Gasteiger partial charge is 0.327 e. The van der Waals surface area contributed by atoms with Gasteiger partial charge >= 0.3 is 0 Å². The molecule has 5 heteroatoms. The van der Waals surface area contributed by atoms with E-state index in [9.17, 15) is 9.18 Å². The van der Waals surface area contributed by atoms with Crippen molar-refractivity contribution in [2.45, 2.75) is 45.1 Å². The standard InChI is InChI=1S/C17H23FN2O.ClH/c1-10-14(18)6-3-7-15(10)20-17(21)13-8-11-4-2-5-12(9-13)16(11)19;/h3,6-7,11-13,16H,2,4-5,8-9,19H2,1H3,(H,20,21);1H. The monoisotopic (exact) mass is 326 g/mol. The van der Waals surface area contributed by atoms with Gasteiger partial charge < -0.3 is 11.1 Å². The van der Waals surface area contributed by atoms with Gasteiger partial charge in [-0.2, -0.15) is 0 Å². The molecule has 0 aliphatic heterocycles. The van der Waals surface area contributed by atoms with Crippen LogP contribution in [-0.4, -0.2) is 11.9 Å². The summed E-state index contributed by atoms with van der Waals surface area (Å²) in [7, 11) is 0. The summed E-state index contributed by atoms with van der Waals surface area (Å²) in [5.41, 5.74) is 7.34. The van der Waals surface area contributed by atoms with Gasteiger partial charge in [-0.3, -0.25) is 4.79 Å². The molecule has 1 aromatic carbocycles. The predicted octanol–water partition coefficient (Wildman–Crippen LogP) is 3.65. The van der Waals surface area contributed by atoms with E-state index in [1.807, 2.05) is 0 Å². The van der Waals surface area contributed by atoms with Crippen molar-refractivity contribution in [3.05, 3.63) is 29.6 Å². The molecule has 0 heterocycles. The van der Waals surface area contributed by atoms with E-state index in [0.29, 0.717) is 23.1 Å². The Balaban J connectivity index is 0.00000176. The highest BCUT2D eigenvalue weighted by Crippen LogP contribution is 2.42. The third-order valence-corrected chi connectivity index (χ3v) is 5.31. The molecule has 0 saturated heterocycles. The molecule has 0 radical (unpaired) electrons. The van der Waals surface area contributed by atoms with E-state index in [-0.39, 0.29) is 36.1 Å². The third kappa shape index (κ3) is 3.28. The fraction of sp³-hybridized carbons (Fsp3) is 0.588. The number of hydrogen-bond donors (Lipinski definition) is 2. The molecule has 2 fully saturated rings. The van der Waals surface area contributed by atoms with E-state index >= 15 is 0 Å². The molecule has 3 rings (SSSR count). The van der Waals surface area contributed by atoms with Crippen molar-refractivity contribution in [2.75, 3.05) is 5.32 Å². The van der Waals surface area contributed by atoms with E-state index in [4.69, 9.17) is 5.73 Å². The molecule has 2 aliphatic rings. The van der Waals surface area contributed by atoms with E-state index in [1.165, 1.54) is 12.5 Å². The molecule has 2 atom stereocenters. The van der Waals surface area contributed by atoms with Gasteiger partial charge in [0.05, 0.1) is 0 Å². The molecular formula is C17H24ClFN2O. The van der Waals surface area contributed by atoms with Crippen molar-refractivity contribution >= 4 is 24.0 Å². The first kappa shape index (κ1) is 17.2. The van der Waals surface area contributed by atoms with Crippen LogP contribution in [0.15, 0.2) is 18.2 Å². The Bertz CT molecular complexity index is 537. The van der Waals surface area contributed by atoms with Crippen molar-refractivity contribution in [2.24, 2.45) is 23.5 Å². The number of anilines is 1. The van der Waals surface area contributed by atoms with Gasteiger partial charge in [0.15, 0.2) is 0 Å². The van der Waals surface area contributed by atoms with E-state index in [1.54, 1.807) is 19.1 Å². The summed E-state index contributed by atoms with van der Waals surface area (Å²) >= 11 is 0. The summed E-state index contributed by atoms with van der Waals surface area (Å²) in [5, 5.41) is 2.91. The zero-order valence-electron chi connectivity index (χ0n) is 12.8. The van der Waals surface area contributed by atoms with Gasteiger partial charge in [0.25, 0.3) is 0 Å². The fourth-order valence-electron chi connectivity index (χ4n) is 3.98. The summed E-state index contributed by atoms with van der Waals surface area (Å²) in [4.78, 5) is 12.5. The number of halogens is 2. The lowest BCUT2D eigenvalue weighted by Gasteiger charge is -2.43. The number of nitrogens with one attached hydrogen (secondary N) is 1. The number of carbonyl (C=O) groups is 1. The van der Waals surface area contributed by atoms with Gasteiger partial charge in [0.1, 0.15) is 5.82 Å². The number of fused-ring (bicyclic) bond motifs is 2. The molecule has 0 aromatic heterocycles. The number of benzene rings is 1. The number of rotatable bonds is 2. The third-order valence-electron chi connectivity index (χ3n) is 5.31.